The highest BCUT2D eigenvalue weighted by molar-refractivity contribution is 5.79. The van der Waals surface area contributed by atoms with Crippen molar-refractivity contribution < 1.29 is 9.18 Å². The second-order valence-corrected chi connectivity index (χ2v) is 6.51. The Morgan fingerprint density at radius 3 is 2.64 bits per heavy atom. The molecule has 3 rings (SSSR count). The van der Waals surface area contributed by atoms with Crippen molar-refractivity contribution in [2.45, 2.75) is 44.4 Å². The van der Waals surface area contributed by atoms with E-state index in [0.29, 0.717) is 11.8 Å². The van der Waals surface area contributed by atoms with E-state index in [1.54, 1.807) is 0 Å². The summed E-state index contributed by atoms with van der Waals surface area (Å²) in [5.74, 6) is 0.626. The van der Waals surface area contributed by atoms with Crippen LogP contribution in [0.1, 0.15) is 50.0 Å². The van der Waals surface area contributed by atoms with E-state index >= 15 is 0 Å². The average molecular weight is 301 g/mol. The van der Waals surface area contributed by atoms with Crippen molar-refractivity contribution in [3.05, 3.63) is 47.8 Å². The van der Waals surface area contributed by atoms with E-state index in [0.717, 1.165) is 57.2 Å². The van der Waals surface area contributed by atoms with E-state index in [4.69, 9.17) is 0 Å². The van der Waals surface area contributed by atoms with E-state index in [9.17, 15) is 9.18 Å². The van der Waals surface area contributed by atoms with Gasteiger partial charge in [0.25, 0.3) is 0 Å². The Bertz CT molecular complexity index is 537. The van der Waals surface area contributed by atoms with Crippen LogP contribution in [0.15, 0.2) is 36.4 Å². The summed E-state index contributed by atoms with van der Waals surface area (Å²) in [4.78, 5) is 14.8. The van der Waals surface area contributed by atoms with Gasteiger partial charge in [0.15, 0.2) is 0 Å². The number of carbonyl (C=O) groups excluding carboxylic acids is 1. The van der Waals surface area contributed by atoms with Crippen LogP contribution in [0, 0.1) is 11.7 Å². The molecule has 1 aliphatic heterocycles. The lowest BCUT2D eigenvalue weighted by molar-refractivity contribution is -0.135. The van der Waals surface area contributed by atoms with Gasteiger partial charge in [-0.2, -0.15) is 0 Å². The third-order valence-electron chi connectivity index (χ3n) is 4.94. The van der Waals surface area contributed by atoms with Gasteiger partial charge < -0.3 is 4.90 Å². The molecule has 1 aromatic rings. The summed E-state index contributed by atoms with van der Waals surface area (Å²) >= 11 is 0. The lowest BCUT2D eigenvalue weighted by Gasteiger charge is -2.29. The zero-order valence-corrected chi connectivity index (χ0v) is 13.0. The number of benzene rings is 1. The minimum absolute atomic E-state index is 0.164. The Morgan fingerprint density at radius 1 is 1.09 bits per heavy atom. The lowest BCUT2D eigenvalue weighted by atomic mass is 9.91. The van der Waals surface area contributed by atoms with Crippen LogP contribution in [0.4, 0.5) is 4.39 Å². The number of nitrogens with zero attached hydrogens (tertiary/aromatic N) is 1. The summed E-state index contributed by atoms with van der Waals surface area (Å²) < 4.78 is 13.1. The highest BCUT2D eigenvalue weighted by Crippen LogP contribution is 2.29. The van der Waals surface area contributed by atoms with E-state index in [1.165, 1.54) is 12.1 Å². The molecule has 0 radical (unpaired) electrons. The van der Waals surface area contributed by atoms with Gasteiger partial charge in [-0.05, 0) is 49.8 Å². The van der Waals surface area contributed by atoms with E-state index in [1.807, 2.05) is 12.1 Å². The Kier molecular flexibility index (Phi) is 4.91. The maximum Gasteiger partial charge on any atom is 0.226 e. The fourth-order valence-corrected chi connectivity index (χ4v) is 3.63. The number of hydrogen-bond acceptors (Lipinski definition) is 1. The second-order valence-electron chi connectivity index (χ2n) is 6.51. The molecular formula is C19H24FNO. The fraction of sp³-hybridized carbons (Fsp3) is 0.526. The minimum Gasteiger partial charge on any atom is -0.342 e. The molecule has 2 nitrogen and oxygen atoms in total. The van der Waals surface area contributed by atoms with Gasteiger partial charge in [0.2, 0.25) is 5.91 Å². The number of carbonyl (C=O) groups is 1. The molecule has 1 aliphatic carbocycles. The molecule has 2 aliphatic rings. The molecule has 2 unspecified atom stereocenters. The van der Waals surface area contributed by atoms with Crippen molar-refractivity contribution in [1.29, 1.82) is 0 Å². The van der Waals surface area contributed by atoms with Crippen LogP contribution in [0.5, 0.6) is 0 Å². The zero-order chi connectivity index (χ0) is 15.4. The molecule has 0 aromatic heterocycles. The summed E-state index contributed by atoms with van der Waals surface area (Å²) in [7, 11) is 0. The number of hydrogen-bond donors (Lipinski definition) is 0. The van der Waals surface area contributed by atoms with Gasteiger partial charge in [-0.15, -0.1) is 0 Å². The third kappa shape index (κ3) is 3.57. The summed E-state index contributed by atoms with van der Waals surface area (Å²) in [5.41, 5.74) is 1.16. The molecule has 1 amide bonds. The van der Waals surface area contributed by atoms with Crippen molar-refractivity contribution in [2.24, 2.45) is 5.92 Å². The number of halogens is 1. The number of rotatable bonds is 2. The monoisotopic (exact) mass is 301 g/mol. The van der Waals surface area contributed by atoms with Crippen LogP contribution >= 0.6 is 0 Å². The topological polar surface area (TPSA) is 20.3 Å². The molecule has 0 saturated carbocycles. The lowest BCUT2D eigenvalue weighted by Crippen LogP contribution is -2.38. The van der Waals surface area contributed by atoms with Crippen LogP contribution in [-0.2, 0) is 4.79 Å². The predicted octanol–water partition coefficient (Wildman–Crippen LogP) is 4.28. The van der Waals surface area contributed by atoms with Crippen LogP contribution in [0.25, 0.3) is 0 Å². The maximum absolute atomic E-state index is 13.1. The smallest absolute Gasteiger partial charge is 0.226 e. The third-order valence-corrected chi connectivity index (χ3v) is 4.94. The first-order valence-corrected chi connectivity index (χ1v) is 8.43. The molecule has 0 spiro atoms. The van der Waals surface area contributed by atoms with Crippen LogP contribution in [-0.4, -0.2) is 23.9 Å². The standard InChI is InChI=1S/C19H24FNO/c20-18-11-9-15(10-12-18)17-8-4-5-13-21(14-17)19(22)16-6-2-1-3-7-16/h1-2,9-12,16-17H,3-8,13-14H2. The molecule has 118 valence electrons. The molecule has 0 bridgehead atoms. The first-order valence-electron chi connectivity index (χ1n) is 8.43. The number of allylic oxidation sites excluding steroid dienone is 2. The number of amides is 1. The zero-order valence-electron chi connectivity index (χ0n) is 13.0. The van der Waals surface area contributed by atoms with Crippen LogP contribution in [0.3, 0.4) is 0 Å². The highest BCUT2D eigenvalue weighted by atomic mass is 19.1. The molecule has 1 aromatic carbocycles. The fourth-order valence-electron chi connectivity index (χ4n) is 3.63. The van der Waals surface area contributed by atoms with E-state index in [2.05, 4.69) is 17.1 Å². The first-order chi connectivity index (χ1) is 10.7. The van der Waals surface area contributed by atoms with Gasteiger partial charge in [-0.1, -0.05) is 30.7 Å². The van der Waals surface area contributed by atoms with Gasteiger partial charge >= 0.3 is 0 Å². The predicted molar refractivity (Wildman–Crippen MR) is 86.1 cm³/mol. The SMILES string of the molecule is O=C(C1CC=CCC1)N1CCCCC(c2ccc(F)cc2)C1. The summed E-state index contributed by atoms with van der Waals surface area (Å²) in [6, 6.07) is 6.80. The minimum atomic E-state index is -0.195. The molecule has 1 fully saturated rings. The Balaban J connectivity index is 1.70. The molecule has 0 N–H and O–H groups in total. The number of likely N-dealkylation sites (tertiary alicyclic amines) is 1. The average Bonchev–Trinajstić information content (AvgIpc) is 2.82. The van der Waals surface area contributed by atoms with Gasteiger partial charge in [0.1, 0.15) is 5.82 Å². The van der Waals surface area contributed by atoms with Crippen LogP contribution in [0.2, 0.25) is 0 Å². The molecule has 1 saturated heterocycles. The van der Waals surface area contributed by atoms with Crippen molar-refractivity contribution >= 4 is 5.91 Å². The van der Waals surface area contributed by atoms with Crippen molar-refractivity contribution in [3.63, 3.8) is 0 Å². The summed E-state index contributed by atoms with van der Waals surface area (Å²) in [5, 5.41) is 0. The molecular weight excluding hydrogens is 277 g/mol. The Morgan fingerprint density at radius 2 is 1.91 bits per heavy atom. The molecule has 2 atom stereocenters. The van der Waals surface area contributed by atoms with Gasteiger partial charge in [-0.25, -0.2) is 4.39 Å². The second kappa shape index (κ2) is 7.08. The van der Waals surface area contributed by atoms with Gasteiger partial charge in [-0.3, -0.25) is 4.79 Å². The van der Waals surface area contributed by atoms with Crippen LogP contribution < -0.4 is 0 Å². The maximum atomic E-state index is 13.1. The summed E-state index contributed by atoms with van der Waals surface area (Å²) in [6.45, 7) is 1.65. The largest absolute Gasteiger partial charge is 0.342 e. The van der Waals surface area contributed by atoms with E-state index < -0.39 is 0 Å². The van der Waals surface area contributed by atoms with Crippen molar-refractivity contribution in [1.82, 2.24) is 4.90 Å². The van der Waals surface area contributed by atoms with E-state index in [-0.39, 0.29) is 11.7 Å². The van der Waals surface area contributed by atoms with Gasteiger partial charge in [0.05, 0.1) is 0 Å². The van der Waals surface area contributed by atoms with Gasteiger partial charge in [0, 0.05) is 24.9 Å². The molecule has 22 heavy (non-hydrogen) atoms. The Labute approximate surface area is 132 Å². The molecule has 1 heterocycles. The summed E-state index contributed by atoms with van der Waals surface area (Å²) in [6.07, 6.45) is 10.5. The quantitative estimate of drug-likeness (QED) is 0.747. The molecule has 3 heteroatoms. The highest BCUT2D eigenvalue weighted by Gasteiger charge is 2.28. The Hall–Kier alpha value is -1.64. The normalized spacial score (nSPS) is 25.8. The first kappa shape index (κ1) is 15.3. The van der Waals surface area contributed by atoms with Crippen molar-refractivity contribution in [3.8, 4) is 0 Å². The van der Waals surface area contributed by atoms with Crippen molar-refractivity contribution in [2.75, 3.05) is 13.1 Å².